The van der Waals surface area contributed by atoms with Crippen LogP contribution in [0.4, 0.5) is 5.69 Å². The molecule has 1 unspecified atom stereocenters. The quantitative estimate of drug-likeness (QED) is 0.844. The number of hydrogen-bond acceptors (Lipinski definition) is 2. The first-order chi connectivity index (χ1) is 9.32. The van der Waals surface area contributed by atoms with Crippen molar-refractivity contribution in [3.63, 3.8) is 0 Å². The third-order valence-electron chi connectivity index (χ3n) is 3.11. The molecule has 1 aromatic rings. The van der Waals surface area contributed by atoms with Gasteiger partial charge in [-0.15, -0.1) is 0 Å². The molecule has 1 N–H and O–H groups in total. The van der Waals surface area contributed by atoms with Gasteiger partial charge in [0.1, 0.15) is 6.04 Å². The standard InChI is InChI=1S/C13H13Cl3N2O2/c1-6(2)12-13(20)17-5-11(19)18(12)10-4-8(15)7(14)3-9(10)16/h3-4,6,12H,5H2,1-2H3,(H,17,20). The van der Waals surface area contributed by atoms with Gasteiger partial charge in [0, 0.05) is 0 Å². The first-order valence-electron chi connectivity index (χ1n) is 6.07. The molecule has 7 heteroatoms. The van der Waals surface area contributed by atoms with Crippen molar-refractivity contribution >= 4 is 52.3 Å². The number of nitrogens with zero attached hydrogens (tertiary/aromatic N) is 1. The number of halogens is 3. The molecule has 2 amide bonds. The highest BCUT2D eigenvalue weighted by molar-refractivity contribution is 6.44. The minimum atomic E-state index is -0.619. The summed E-state index contributed by atoms with van der Waals surface area (Å²) < 4.78 is 0. The molecule has 1 aliphatic rings. The zero-order valence-electron chi connectivity index (χ0n) is 10.9. The van der Waals surface area contributed by atoms with Gasteiger partial charge < -0.3 is 5.32 Å². The zero-order valence-corrected chi connectivity index (χ0v) is 13.2. The van der Waals surface area contributed by atoms with Gasteiger partial charge in [-0.05, 0) is 18.1 Å². The molecule has 0 aromatic heterocycles. The van der Waals surface area contributed by atoms with Gasteiger partial charge in [-0.1, -0.05) is 48.7 Å². The van der Waals surface area contributed by atoms with E-state index in [-0.39, 0.29) is 34.3 Å². The van der Waals surface area contributed by atoms with E-state index in [0.717, 1.165) is 0 Å². The van der Waals surface area contributed by atoms with Crippen molar-refractivity contribution in [2.24, 2.45) is 5.92 Å². The molecular weight excluding hydrogens is 323 g/mol. The lowest BCUT2D eigenvalue weighted by atomic mass is 9.98. The molecule has 20 heavy (non-hydrogen) atoms. The van der Waals surface area contributed by atoms with Crippen LogP contribution in [0.2, 0.25) is 15.1 Å². The number of carbonyl (C=O) groups excluding carboxylic acids is 2. The Labute approximate surface area is 132 Å². The van der Waals surface area contributed by atoms with Crippen molar-refractivity contribution in [3.05, 3.63) is 27.2 Å². The SMILES string of the molecule is CC(C)C1C(=O)NCC(=O)N1c1cc(Cl)c(Cl)cc1Cl. The Balaban J connectivity index is 2.54. The lowest BCUT2D eigenvalue weighted by Crippen LogP contribution is -2.60. The van der Waals surface area contributed by atoms with Gasteiger partial charge in [0.15, 0.2) is 0 Å². The summed E-state index contributed by atoms with van der Waals surface area (Å²) in [4.78, 5) is 25.6. The predicted molar refractivity (Wildman–Crippen MR) is 80.6 cm³/mol. The van der Waals surface area contributed by atoms with E-state index in [9.17, 15) is 9.59 Å². The van der Waals surface area contributed by atoms with Crippen molar-refractivity contribution in [2.75, 3.05) is 11.4 Å². The van der Waals surface area contributed by atoms with Crippen molar-refractivity contribution in [1.82, 2.24) is 5.32 Å². The molecule has 0 bridgehead atoms. The maximum Gasteiger partial charge on any atom is 0.247 e. The summed E-state index contributed by atoms with van der Waals surface area (Å²) in [7, 11) is 0. The number of anilines is 1. The van der Waals surface area contributed by atoms with Gasteiger partial charge in [-0.3, -0.25) is 14.5 Å². The van der Waals surface area contributed by atoms with Crippen LogP contribution in [0.15, 0.2) is 12.1 Å². The summed E-state index contributed by atoms with van der Waals surface area (Å²) in [5.74, 6) is -0.505. The Bertz CT molecular complexity index is 575. The highest BCUT2D eigenvalue weighted by Crippen LogP contribution is 2.36. The van der Waals surface area contributed by atoms with Crippen molar-refractivity contribution in [3.8, 4) is 0 Å². The fourth-order valence-corrected chi connectivity index (χ4v) is 2.84. The summed E-state index contributed by atoms with van der Waals surface area (Å²) in [5, 5.41) is 3.45. The molecule has 108 valence electrons. The van der Waals surface area contributed by atoms with Crippen molar-refractivity contribution in [2.45, 2.75) is 19.9 Å². The van der Waals surface area contributed by atoms with Crippen LogP contribution >= 0.6 is 34.8 Å². The Hall–Kier alpha value is -0.970. The third kappa shape index (κ3) is 2.73. The molecule has 0 aliphatic carbocycles. The lowest BCUT2D eigenvalue weighted by Gasteiger charge is -2.37. The fraction of sp³-hybridized carbons (Fsp3) is 0.385. The van der Waals surface area contributed by atoms with E-state index in [1.165, 1.54) is 17.0 Å². The average Bonchev–Trinajstić information content (AvgIpc) is 2.36. The molecule has 1 aromatic carbocycles. The van der Waals surface area contributed by atoms with Gasteiger partial charge in [0.05, 0.1) is 27.3 Å². The first kappa shape index (κ1) is 15.4. The van der Waals surface area contributed by atoms with E-state index < -0.39 is 6.04 Å². The molecule has 4 nitrogen and oxygen atoms in total. The molecule has 1 fully saturated rings. The number of nitrogens with one attached hydrogen (secondary N) is 1. The van der Waals surface area contributed by atoms with E-state index in [4.69, 9.17) is 34.8 Å². The molecule has 0 saturated carbocycles. The largest absolute Gasteiger partial charge is 0.345 e. The van der Waals surface area contributed by atoms with Crippen LogP contribution in [0.5, 0.6) is 0 Å². The van der Waals surface area contributed by atoms with E-state index in [2.05, 4.69) is 5.32 Å². The van der Waals surface area contributed by atoms with E-state index in [1.807, 2.05) is 13.8 Å². The van der Waals surface area contributed by atoms with Crippen LogP contribution in [-0.4, -0.2) is 24.4 Å². The molecule has 0 radical (unpaired) electrons. The van der Waals surface area contributed by atoms with Crippen LogP contribution in [0.3, 0.4) is 0 Å². The molecule has 1 atom stereocenters. The second-order valence-electron chi connectivity index (χ2n) is 4.89. The second-order valence-corrected chi connectivity index (χ2v) is 6.11. The van der Waals surface area contributed by atoms with Gasteiger partial charge in [0.25, 0.3) is 0 Å². The summed E-state index contributed by atoms with van der Waals surface area (Å²) in [6.07, 6.45) is 0. The topological polar surface area (TPSA) is 49.4 Å². The molecule has 0 spiro atoms. The minimum Gasteiger partial charge on any atom is -0.345 e. The van der Waals surface area contributed by atoms with Gasteiger partial charge >= 0.3 is 0 Å². The van der Waals surface area contributed by atoms with Crippen molar-refractivity contribution in [1.29, 1.82) is 0 Å². The number of benzene rings is 1. The monoisotopic (exact) mass is 334 g/mol. The minimum absolute atomic E-state index is 0.0569. The van der Waals surface area contributed by atoms with Crippen LogP contribution in [0, 0.1) is 5.92 Å². The Morgan fingerprint density at radius 1 is 1.15 bits per heavy atom. The number of hydrogen-bond donors (Lipinski definition) is 1. The van der Waals surface area contributed by atoms with Gasteiger partial charge in [-0.25, -0.2) is 0 Å². The van der Waals surface area contributed by atoms with Crippen LogP contribution in [0.25, 0.3) is 0 Å². The van der Waals surface area contributed by atoms with E-state index in [0.29, 0.717) is 10.7 Å². The third-order valence-corrected chi connectivity index (χ3v) is 4.13. The van der Waals surface area contributed by atoms with Gasteiger partial charge in [-0.2, -0.15) is 0 Å². The number of rotatable bonds is 2. The van der Waals surface area contributed by atoms with Crippen LogP contribution < -0.4 is 10.2 Å². The summed E-state index contributed by atoms with van der Waals surface area (Å²) >= 11 is 18.0. The Morgan fingerprint density at radius 2 is 1.75 bits per heavy atom. The zero-order chi connectivity index (χ0) is 15.0. The predicted octanol–water partition coefficient (Wildman–Crippen LogP) is 3.13. The number of amides is 2. The normalized spacial score (nSPS) is 19.5. The maximum absolute atomic E-state index is 12.2. The Kier molecular flexibility index (Phi) is 4.47. The first-order valence-corrected chi connectivity index (χ1v) is 7.20. The smallest absolute Gasteiger partial charge is 0.247 e. The molecule has 2 rings (SSSR count). The molecular formula is C13H13Cl3N2O2. The number of piperazine rings is 1. The molecule has 1 heterocycles. The fourth-order valence-electron chi connectivity index (χ4n) is 2.21. The molecule has 1 aliphatic heterocycles. The molecule has 1 saturated heterocycles. The van der Waals surface area contributed by atoms with Crippen LogP contribution in [0.1, 0.15) is 13.8 Å². The average molecular weight is 336 g/mol. The van der Waals surface area contributed by atoms with Gasteiger partial charge in [0.2, 0.25) is 11.8 Å². The second kappa shape index (κ2) is 5.80. The van der Waals surface area contributed by atoms with Crippen LogP contribution in [-0.2, 0) is 9.59 Å². The summed E-state index contributed by atoms with van der Waals surface area (Å²) in [5.41, 5.74) is 0.402. The van der Waals surface area contributed by atoms with E-state index >= 15 is 0 Å². The highest BCUT2D eigenvalue weighted by Gasteiger charge is 2.38. The Morgan fingerprint density at radius 3 is 2.35 bits per heavy atom. The maximum atomic E-state index is 12.2. The van der Waals surface area contributed by atoms with Crippen molar-refractivity contribution < 1.29 is 9.59 Å². The summed E-state index contributed by atoms with van der Waals surface area (Å²) in [6.45, 7) is 3.67. The highest BCUT2D eigenvalue weighted by atomic mass is 35.5. The summed E-state index contributed by atoms with van der Waals surface area (Å²) in [6, 6.07) is 2.36. The van der Waals surface area contributed by atoms with E-state index in [1.54, 1.807) is 0 Å². The number of carbonyl (C=O) groups is 2. The lowest BCUT2D eigenvalue weighted by molar-refractivity contribution is -0.131.